The summed E-state index contributed by atoms with van der Waals surface area (Å²) in [5, 5.41) is 0. The SMILES string of the molecule is COC(=O)[C@@H]1[C@H](c2ccc(C(F)(F)F)cc2)N1S(=O)c1ccc(C)cc1. The third kappa shape index (κ3) is 3.52. The number of carbonyl (C=O) groups is 1. The number of hydrogen-bond donors (Lipinski definition) is 0. The number of carbonyl (C=O) groups excluding carboxylic acids is 1. The summed E-state index contributed by atoms with van der Waals surface area (Å²) < 4.78 is 57.1. The van der Waals surface area contributed by atoms with Crippen LogP contribution in [0.1, 0.15) is 22.7 Å². The first-order chi connectivity index (χ1) is 12.2. The van der Waals surface area contributed by atoms with Gasteiger partial charge in [0.1, 0.15) is 17.0 Å². The zero-order chi connectivity index (χ0) is 19.1. The van der Waals surface area contributed by atoms with Crippen molar-refractivity contribution in [2.24, 2.45) is 0 Å². The number of rotatable bonds is 4. The Morgan fingerprint density at radius 1 is 1.08 bits per heavy atom. The maximum atomic E-state index is 12.8. The molecule has 8 heteroatoms. The van der Waals surface area contributed by atoms with E-state index in [1.54, 1.807) is 24.3 Å². The van der Waals surface area contributed by atoms with Gasteiger partial charge < -0.3 is 4.74 Å². The third-order valence-electron chi connectivity index (χ3n) is 4.19. The number of ether oxygens (including phenoxy) is 1. The average Bonchev–Trinajstić information content (AvgIpc) is 3.36. The van der Waals surface area contributed by atoms with Crippen molar-refractivity contribution in [1.29, 1.82) is 0 Å². The van der Waals surface area contributed by atoms with E-state index in [-0.39, 0.29) is 0 Å². The summed E-state index contributed by atoms with van der Waals surface area (Å²) in [6.07, 6.45) is -4.44. The van der Waals surface area contributed by atoms with Crippen molar-refractivity contribution in [1.82, 2.24) is 4.31 Å². The van der Waals surface area contributed by atoms with Crippen molar-refractivity contribution in [3.8, 4) is 0 Å². The van der Waals surface area contributed by atoms with Gasteiger partial charge in [-0.15, -0.1) is 0 Å². The first-order valence-corrected chi connectivity index (χ1v) is 8.86. The van der Waals surface area contributed by atoms with Crippen LogP contribution >= 0.6 is 0 Å². The Morgan fingerprint density at radius 2 is 1.65 bits per heavy atom. The molecule has 1 saturated heterocycles. The smallest absolute Gasteiger partial charge is 0.416 e. The van der Waals surface area contributed by atoms with E-state index in [2.05, 4.69) is 0 Å². The van der Waals surface area contributed by atoms with E-state index in [1.807, 2.05) is 6.92 Å². The zero-order valence-corrected chi connectivity index (χ0v) is 14.8. The van der Waals surface area contributed by atoms with Crippen molar-refractivity contribution in [3.05, 3.63) is 65.2 Å². The highest BCUT2D eigenvalue weighted by Crippen LogP contribution is 2.47. The van der Waals surface area contributed by atoms with Gasteiger partial charge in [0.25, 0.3) is 0 Å². The van der Waals surface area contributed by atoms with Crippen molar-refractivity contribution in [3.63, 3.8) is 0 Å². The Morgan fingerprint density at radius 3 is 2.15 bits per heavy atom. The van der Waals surface area contributed by atoms with Crippen LogP contribution < -0.4 is 0 Å². The number of halogens is 3. The Kier molecular flexibility index (Phi) is 4.90. The van der Waals surface area contributed by atoms with Gasteiger partial charge >= 0.3 is 12.1 Å². The lowest BCUT2D eigenvalue weighted by Gasteiger charge is -2.08. The van der Waals surface area contributed by atoms with Crippen LogP contribution in [0.15, 0.2) is 53.4 Å². The number of aryl methyl sites for hydroxylation is 1. The lowest BCUT2D eigenvalue weighted by atomic mass is 10.1. The summed E-state index contributed by atoms with van der Waals surface area (Å²) >= 11 is 0. The van der Waals surface area contributed by atoms with Crippen LogP contribution in [0.5, 0.6) is 0 Å². The van der Waals surface area contributed by atoms with E-state index in [0.717, 1.165) is 17.7 Å². The van der Waals surface area contributed by atoms with Crippen LogP contribution in [0, 0.1) is 6.92 Å². The second kappa shape index (κ2) is 6.85. The average molecular weight is 383 g/mol. The predicted octanol–water partition coefficient (Wildman–Crippen LogP) is 3.63. The summed E-state index contributed by atoms with van der Waals surface area (Å²) in [7, 11) is -0.408. The lowest BCUT2D eigenvalue weighted by molar-refractivity contribution is -0.140. The summed E-state index contributed by atoms with van der Waals surface area (Å²) in [5.41, 5.74) is 0.706. The molecular weight excluding hydrogens is 367 g/mol. The minimum absolute atomic E-state index is 0.480. The standard InChI is InChI=1S/C18H16F3NO3S/c1-11-3-9-14(10-4-11)26(24)22-15(16(22)17(23)25-2)12-5-7-13(8-6-12)18(19,20)21/h3-10,15-16H,1-2H3/t15-,16-,22?,26?/m0/s1. The fraction of sp³-hybridized carbons (Fsp3) is 0.278. The van der Waals surface area contributed by atoms with Crippen molar-refractivity contribution >= 4 is 17.0 Å². The van der Waals surface area contributed by atoms with Gasteiger partial charge in [-0.25, -0.2) is 4.21 Å². The quantitative estimate of drug-likeness (QED) is 0.598. The first-order valence-electron chi connectivity index (χ1n) is 7.76. The normalized spacial score (nSPS) is 23.3. The molecule has 0 N–H and O–H groups in total. The van der Waals surface area contributed by atoms with Crippen molar-refractivity contribution in [2.45, 2.75) is 30.1 Å². The van der Waals surface area contributed by atoms with Crippen LogP contribution in [0.2, 0.25) is 0 Å². The molecule has 1 heterocycles. The van der Waals surface area contributed by atoms with Crippen LogP contribution in [-0.4, -0.2) is 27.6 Å². The number of esters is 1. The van der Waals surface area contributed by atoms with Gasteiger partial charge in [-0.3, -0.25) is 4.79 Å². The number of hydrogen-bond acceptors (Lipinski definition) is 3. The minimum Gasteiger partial charge on any atom is -0.468 e. The van der Waals surface area contributed by atoms with E-state index in [0.29, 0.717) is 10.5 Å². The Hall–Kier alpha value is -2.19. The molecule has 0 bridgehead atoms. The molecule has 2 aromatic carbocycles. The van der Waals surface area contributed by atoms with Gasteiger partial charge in [0.15, 0.2) is 0 Å². The molecule has 3 rings (SSSR count). The van der Waals surface area contributed by atoms with Crippen LogP contribution in [0.3, 0.4) is 0 Å². The van der Waals surface area contributed by atoms with Gasteiger partial charge in [-0.05, 0) is 36.8 Å². The van der Waals surface area contributed by atoms with E-state index in [4.69, 9.17) is 4.74 Å². The third-order valence-corrected chi connectivity index (χ3v) is 5.71. The zero-order valence-electron chi connectivity index (χ0n) is 14.0. The number of benzene rings is 2. The molecule has 0 aromatic heterocycles. The van der Waals surface area contributed by atoms with Crippen LogP contribution in [-0.2, 0) is 26.7 Å². The number of methoxy groups -OCH3 is 1. The van der Waals surface area contributed by atoms with Gasteiger partial charge in [0.2, 0.25) is 0 Å². The summed E-state index contributed by atoms with van der Waals surface area (Å²) in [4.78, 5) is 12.5. The van der Waals surface area contributed by atoms with E-state index >= 15 is 0 Å². The molecule has 0 amide bonds. The lowest BCUT2D eigenvalue weighted by Crippen LogP contribution is -2.16. The highest BCUT2D eigenvalue weighted by molar-refractivity contribution is 7.83. The van der Waals surface area contributed by atoms with E-state index in [9.17, 15) is 22.2 Å². The van der Waals surface area contributed by atoms with Gasteiger partial charge in [0.05, 0.1) is 23.6 Å². The van der Waals surface area contributed by atoms with Crippen molar-refractivity contribution in [2.75, 3.05) is 7.11 Å². The molecule has 26 heavy (non-hydrogen) atoms. The molecule has 1 aliphatic heterocycles. The van der Waals surface area contributed by atoms with Gasteiger partial charge in [0, 0.05) is 0 Å². The summed E-state index contributed by atoms with van der Waals surface area (Å²) in [5.74, 6) is -0.574. The molecule has 1 aliphatic rings. The fourth-order valence-corrected chi connectivity index (χ4v) is 4.15. The summed E-state index contributed by atoms with van der Waals surface area (Å²) in [6, 6.07) is 10.1. The monoisotopic (exact) mass is 383 g/mol. The largest absolute Gasteiger partial charge is 0.468 e. The number of alkyl halides is 3. The molecule has 2 unspecified atom stereocenters. The Balaban J connectivity index is 1.88. The maximum absolute atomic E-state index is 12.8. The summed E-state index contributed by atoms with van der Waals surface area (Å²) in [6.45, 7) is 1.90. The number of nitrogens with zero attached hydrogens (tertiary/aromatic N) is 1. The van der Waals surface area contributed by atoms with E-state index < -0.39 is 40.8 Å². The van der Waals surface area contributed by atoms with Gasteiger partial charge in [-0.2, -0.15) is 17.5 Å². The van der Waals surface area contributed by atoms with Crippen molar-refractivity contribution < 1.29 is 26.9 Å². The maximum Gasteiger partial charge on any atom is 0.416 e. The molecule has 2 aromatic rings. The van der Waals surface area contributed by atoms with E-state index in [1.165, 1.54) is 23.5 Å². The van der Waals surface area contributed by atoms with Crippen LogP contribution in [0.25, 0.3) is 0 Å². The molecule has 1 fully saturated rings. The fourth-order valence-electron chi connectivity index (χ4n) is 2.75. The second-order valence-electron chi connectivity index (χ2n) is 5.95. The predicted molar refractivity (Wildman–Crippen MR) is 89.4 cm³/mol. The molecule has 0 spiro atoms. The molecule has 0 aliphatic carbocycles. The second-order valence-corrected chi connectivity index (χ2v) is 7.35. The minimum atomic E-state index is -4.44. The Labute approximate surface area is 151 Å². The topological polar surface area (TPSA) is 46.4 Å². The first kappa shape index (κ1) is 18.6. The molecule has 138 valence electrons. The van der Waals surface area contributed by atoms with Gasteiger partial charge in [-0.1, -0.05) is 29.8 Å². The highest BCUT2D eigenvalue weighted by Gasteiger charge is 2.58. The molecule has 0 saturated carbocycles. The molecule has 4 atom stereocenters. The Bertz CT molecular complexity index is 834. The highest BCUT2D eigenvalue weighted by atomic mass is 32.2. The molecule has 4 nitrogen and oxygen atoms in total. The molecule has 0 radical (unpaired) electrons. The molecular formula is C18H16F3NO3S. The van der Waals surface area contributed by atoms with Crippen LogP contribution in [0.4, 0.5) is 13.2 Å².